The van der Waals surface area contributed by atoms with Gasteiger partial charge in [-0.15, -0.1) is 0 Å². The molecule has 19 heavy (non-hydrogen) atoms. The van der Waals surface area contributed by atoms with Crippen molar-refractivity contribution in [2.75, 3.05) is 5.32 Å². The first-order valence-electron chi connectivity index (χ1n) is 6.67. The third-order valence-electron chi connectivity index (χ3n) is 3.53. The lowest BCUT2D eigenvalue weighted by molar-refractivity contribution is -0.384. The third kappa shape index (κ3) is 3.53. The summed E-state index contributed by atoms with van der Waals surface area (Å²) in [6.07, 6.45) is 4.42. The van der Waals surface area contributed by atoms with Gasteiger partial charge in [0, 0.05) is 23.7 Å². The minimum atomic E-state index is -0.451. The average molecular weight is 262 g/mol. The van der Waals surface area contributed by atoms with Crippen molar-refractivity contribution in [2.45, 2.75) is 32.6 Å². The number of rotatable bonds is 6. The highest BCUT2D eigenvalue weighted by Gasteiger charge is 2.41. The van der Waals surface area contributed by atoms with Crippen molar-refractivity contribution < 1.29 is 9.72 Å². The van der Waals surface area contributed by atoms with Gasteiger partial charge in [0.05, 0.1) is 4.92 Å². The fourth-order valence-electron chi connectivity index (χ4n) is 2.26. The van der Waals surface area contributed by atoms with Crippen molar-refractivity contribution in [1.82, 2.24) is 0 Å². The molecule has 0 aliphatic heterocycles. The highest BCUT2D eigenvalue weighted by molar-refractivity contribution is 5.94. The fraction of sp³-hybridized carbons (Fsp3) is 0.500. The molecule has 1 aliphatic carbocycles. The van der Waals surface area contributed by atoms with E-state index in [1.165, 1.54) is 18.6 Å². The van der Waals surface area contributed by atoms with E-state index in [0.717, 1.165) is 19.3 Å². The molecule has 1 aliphatic rings. The van der Waals surface area contributed by atoms with E-state index in [4.69, 9.17) is 0 Å². The summed E-state index contributed by atoms with van der Waals surface area (Å²) in [6.45, 7) is 2.15. The Kier molecular flexibility index (Phi) is 4.14. The van der Waals surface area contributed by atoms with E-state index in [1.807, 2.05) is 0 Å². The van der Waals surface area contributed by atoms with Crippen LogP contribution in [-0.4, -0.2) is 10.8 Å². The Morgan fingerprint density at radius 1 is 1.42 bits per heavy atom. The van der Waals surface area contributed by atoms with E-state index in [2.05, 4.69) is 12.2 Å². The van der Waals surface area contributed by atoms with Crippen LogP contribution in [0.3, 0.4) is 0 Å². The fourth-order valence-corrected chi connectivity index (χ4v) is 2.26. The summed E-state index contributed by atoms with van der Waals surface area (Å²) >= 11 is 0. The van der Waals surface area contributed by atoms with Gasteiger partial charge in [-0.2, -0.15) is 0 Å². The lowest BCUT2D eigenvalue weighted by Crippen LogP contribution is -2.14. The zero-order valence-corrected chi connectivity index (χ0v) is 11.0. The number of nitrogens with zero attached hydrogens (tertiary/aromatic N) is 1. The lowest BCUT2D eigenvalue weighted by Gasteiger charge is -2.04. The van der Waals surface area contributed by atoms with Crippen molar-refractivity contribution in [2.24, 2.45) is 11.8 Å². The standard InChI is InChI=1S/C14H18N2O3/c1-2-3-4-10-9-13(10)14(17)15-11-5-7-12(8-6-11)16(18)19/h5-8,10,13H,2-4,9H2,1H3,(H,15,17)/t10-,13-/m1/s1. The molecule has 1 aromatic rings. The minimum Gasteiger partial charge on any atom is -0.326 e. The number of nitrogens with one attached hydrogen (secondary N) is 1. The van der Waals surface area contributed by atoms with Crippen LogP contribution in [0, 0.1) is 22.0 Å². The van der Waals surface area contributed by atoms with Crippen molar-refractivity contribution in [3.05, 3.63) is 34.4 Å². The molecule has 1 fully saturated rings. The molecule has 0 spiro atoms. The van der Waals surface area contributed by atoms with Crippen molar-refractivity contribution in [1.29, 1.82) is 0 Å². The number of nitro benzene ring substituents is 1. The van der Waals surface area contributed by atoms with Gasteiger partial charge in [-0.1, -0.05) is 19.8 Å². The first-order valence-corrected chi connectivity index (χ1v) is 6.67. The molecule has 102 valence electrons. The molecule has 0 radical (unpaired) electrons. The monoisotopic (exact) mass is 262 g/mol. The van der Waals surface area contributed by atoms with Crippen LogP contribution in [0.15, 0.2) is 24.3 Å². The van der Waals surface area contributed by atoms with Crippen LogP contribution in [-0.2, 0) is 4.79 Å². The average Bonchev–Trinajstić information content (AvgIpc) is 3.16. The number of nitro groups is 1. The number of carbonyl (C=O) groups excluding carboxylic acids is 1. The molecule has 0 aromatic heterocycles. The number of hydrogen-bond acceptors (Lipinski definition) is 3. The Labute approximate surface area is 112 Å². The number of hydrogen-bond donors (Lipinski definition) is 1. The summed E-state index contributed by atoms with van der Waals surface area (Å²) in [4.78, 5) is 22.0. The van der Waals surface area contributed by atoms with E-state index in [1.54, 1.807) is 12.1 Å². The minimum absolute atomic E-state index is 0.0326. The van der Waals surface area contributed by atoms with Crippen LogP contribution in [0.4, 0.5) is 11.4 Å². The molecular formula is C14H18N2O3. The molecule has 0 bridgehead atoms. The van der Waals surface area contributed by atoms with Gasteiger partial charge < -0.3 is 5.32 Å². The van der Waals surface area contributed by atoms with Crippen LogP contribution in [0.2, 0.25) is 0 Å². The highest BCUT2D eigenvalue weighted by atomic mass is 16.6. The summed E-state index contributed by atoms with van der Waals surface area (Å²) in [6, 6.07) is 5.94. The lowest BCUT2D eigenvalue weighted by atomic mass is 10.1. The van der Waals surface area contributed by atoms with E-state index in [-0.39, 0.29) is 17.5 Å². The summed E-state index contributed by atoms with van der Waals surface area (Å²) in [5.41, 5.74) is 0.655. The van der Waals surface area contributed by atoms with Gasteiger partial charge >= 0.3 is 0 Å². The SMILES string of the molecule is CCCC[C@@H]1C[C@H]1C(=O)Nc1ccc([N+](=O)[O-])cc1. The molecule has 5 nitrogen and oxygen atoms in total. The number of unbranched alkanes of at least 4 members (excludes halogenated alkanes) is 1. The Morgan fingerprint density at radius 2 is 2.11 bits per heavy atom. The Balaban J connectivity index is 1.84. The van der Waals surface area contributed by atoms with Crippen LogP contribution < -0.4 is 5.32 Å². The maximum absolute atomic E-state index is 11.9. The largest absolute Gasteiger partial charge is 0.326 e. The van der Waals surface area contributed by atoms with Gasteiger partial charge in [-0.3, -0.25) is 14.9 Å². The molecule has 5 heteroatoms. The van der Waals surface area contributed by atoms with Crippen LogP contribution >= 0.6 is 0 Å². The van der Waals surface area contributed by atoms with Crippen molar-refractivity contribution >= 4 is 17.3 Å². The van der Waals surface area contributed by atoms with E-state index in [9.17, 15) is 14.9 Å². The van der Waals surface area contributed by atoms with Crippen LogP contribution in [0.1, 0.15) is 32.6 Å². The van der Waals surface area contributed by atoms with Crippen LogP contribution in [0.25, 0.3) is 0 Å². The van der Waals surface area contributed by atoms with Crippen LogP contribution in [0.5, 0.6) is 0 Å². The van der Waals surface area contributed by atoms with Crippen molar-refractivity contribution in [3.8, 4) is 0 Å². The Hall–Kier alpha value is -1.91. The predicted octanol–water partition coefficient (Wildman–Crippen LogP) is 3.36. The number of benzene rings is 1. The normalized spacial score (nSPS) is 20.9. The van der Waals surface area contributed by atoms with E-state index >= 15 is 0 Å². The summed E-state index contributed by atoms with van der Waals surface area (Å²) in [5, 5.41) is 13.3. The maximum Gasteiger partial charge on any atom is 0.269 e. The Morgan fingerprint density at radius 3 is 2.68 bits per heavy atom. The van der Waals surface area contributed by atoms with E-state index in [0.29, 0.717) is 11.6 Å². The predicted molar refractivity (Wildman–Crippen MR) is 72.8 cm³/mol. The van der Waals surface area contributed by atoms with Gasteiger partial charge in [0.2, 0.25) is 5.91 Å². The van der Waals surface area contributed by atoms with E-state index < -0.39 is 4.92 Å². The topological polar surface area (TPSA) is 72.2 Å². The first kappa shape index (κ1) is 13.5. The molecular weight excluding hydrogens is 244 g/mol. The second-order valence-electron chi connectivity index (χ2n) is 5.04. The summed E-state index contributed by atoms with van der Waals surface area (Å²) in [7, 11) is 0. The number of carbonyl (C=O) groups is 1. The second-order valence-corrected chi connectivity index (χ2v) is 5.04. The van der Waals surface area contributed by atoms with Crippen molar-refractivity contribution in [3.63, 3.8) is 0 Å². The molecule has 1 N–H and O–H groups in total. The van der Waals surface area contributed by atoms with Gasteiger partial charge in [-0.25, -0.2) is 0 Å². The Bertz CT molecular complexity index is 470. The summed E-state index contributed by atoms with van der Waals surface area (Å²) in [5.74, 6) is 0.690. The number of non-ortho nitro benzene ring substituents is 1. The van der Waals surface area contributed by atoms with Gasteiger partial charge in [-0.05, 0) is 30.9 Å². The third-order valence-corrected chi connectivity index (χ3v) is 3.53. The first-order chi connectivity index (χ1) is 9.11. The molecule has 0 heterocycles. The molecule has 2 atom stereocenters. The molecule has 0 saturated heterocycles. The second kappa shape index (κ2) is 5.82. The smallest absolute Gasteiger partial charge is 0.269 e. The van der Waals surface area contributed by atoms with Gasteiger partial charge in [0.25, 0.3) is 5.69 Å². The van der Waals surface area contributed by atoms with Gasteiger partial charge in [0.15, 0.2) is 0 Å². The zero-order valence-electron chi connectivity index (χ0n) is 11.0. The highest BCUT2D eigenvalue weighted by Crippen LogP contribution is 2.43. The quantitative estimate of drug-likeness (QED) is 0.631. The molecule has 2 rings (SSSR count). The maximum atomic E-state index is 11.9. The van der Waals surface area contributed by atoms with Gasteiger partial charge in [0.1, 0.15) is 0 Å². The molecule has 1 aromatic carbocycles. The molecule has 1 saturated carbocycles. The zero-order chi connectivity index (χ0) is 13.8. The number of anilines is 1. The molecule has 0 unspecified atom stereocenters. The summed E-state index contributed by atoms with van der Waals surface area (Å²) < 4.78 is 0. The number of amides is 1. The molecule has 1 amide bonds.